The Hall–Kier alpha value is -0.770. The second kappa shape index (κ2) is 5.04. The van der Waals surface area contributed by atoms with E-state index in [1.807, 2.05) is 24.3 Å². The van der Waals surface area contributed by atoms with Gasteiger partial charge in [0.15, 0.2) is 4.67 Å². The second-order valence-electron chi connectivity index (χ2n) is 3.49. The number of aliphatic hydroxyl groups excluding tert-OH is 1. The Morgan fingerprint density at radius 1 is 1.19 bits per heavy atom. The minimum Gasteiger partial charge on any atom is -0.452 e. The highest BCUT2D eigenvalue weighted by molar-refractivity contribution is 9.10. The molecule has 0 saturated heterocycles. The Kier molecular flexibility index (Phi) is 3.69. The SMILES string of the molecule is OC(Cc1ccc(Cl)cc1)c1ccc(Br)o1. The number of furan rings is 1. The molecular weight excluding hydrogens is 291 g/mol. The van der Waals surface area contributed by atoms with Gasteiger partial charge in [0.1, 0.15) is 11.9 Å². The van der Waals surface area contributed by atoms with Gasteiger partial charge in [-0.05, 0) is 45.8 Å². The zero-order chi connectivity index (χ0) is 11.5. The molecule has 84 valence electrons. The average Bonchev–Trinajstić information content (AvgIpc) is 2.68. The van der Waals surface area contributed by atoms with Gasteiger partial charge >= 0.3 is 0 Å². The van der Waals surface area contributed by atoms with Crippen LogP contribution >= 0.6 is 27.5 Å². The fourth-order valence-corrected chi connectivity index (χ4v) is 1.90. The van der Waals surface area contributed by atoms with Gasteiger partial charge in [-0.15, -0.1) is 0 Å². The summed E-state index contributed by atoms with van der Waals surface area (Å²) in [6, 6.07) is 10.9. The van der Waals surface area contributed by atoms with Gasteiger partial charge in [0.05, 0.1) is 0 Å². The molecule has 0 aliphatic rings. The summed E-state index contributed by atoms with van der Waals surface area (Å²) in [5.41, 5.74) is 1.02. The van der Waals surface area contributed by atoms with Crippen molar-refractivity contribution >= 4 is 27.5 Å². The van der Waals surface area contributed by atoms with Crippen LogP contribution in [0.5, 0.6) is 0 Å². The summed E-state index contributed by atoms with van der Waals surface area (Å²) in [6.45, 7) is 0. The van der Waals surface area contributed by atoms with E-state index in [9.17, 15) is 5.11 Å². The number of aliphatic hydroxyl groups is 1. The van der Waals surface area contributed by atoms with E-state index in [1.165, 1.54) is 0 Å². The van der Waals surface area contributed by atoms with Crippen LogP contribution in [0.3, 0.4) is 0 Å². The molecule has 1 aromatic carbocycles. The van der Waals surface area contributed by atoms with Gasteiger partial charge in [0.25, 0.3) is 0 Å². The highest BCUT2D eigenvalue weighted by atomic mass is 79.9. The molecule has 1 heterocycles. The van der Waals surface area contributed by atoms with Crippen molar-refractivity contribution in [3.8, 4) is 0 Å². The van der Waals surface area contributed by atoms with E-state index in [1.54, 1.807) is 12.1 Å². The van der Waals surface area contributed by atoms with Crippen molar-refractivity contribution in [2.75, 3.05) is 0 Å². The molecule has 1 atom stereocenters. The van der Waals surface area contributed by atoms with Crippen LogP contribution in [0.4, 0.5) is 0 Å². The van der Waals surface area contributed by atoms with E-state index in [2.05, 4.69) is 15.9 Å². The molecule has 2 rings (SSSR count). The lowest BCUT2D eigenvalue weighted by Gasteiger charge is -2.07. The van der Waals surface area contributed by atoms with Crippen molar-refractivity contribution in [3.63, 3.8) is 0 Å². The molecular formula is C12H10BrClO2. The summed E-state index contributed by atoms with van der Waals surface area (Å²) >= 11 is 8.98. The van der Waals surface area contributed by atoms with Crippen LogP contribution in [0.25, 0.3) is 0 Å². The summed E-state index contributed by atoms with van der Waals surface area (Å²) < 4.78 is 5.90. The third kappa shape index (κ3) is 2.88. The number of hydrogen-bond acceptors (Lipinski definition) is 2. The Bertz CT molecular complexity index is 464. The summed E-state index contributed by atoms with van der Waals surface area (Å²) in [5, 5.41) is 10.6. The Balaban J connectivity index is 2.07. The molecule has 0 fully saturated rings. The third-order valence-electron chi connectivity index (χ3n) is 2.26. The molecule has 4 heteroatoms. The molecule has 0 aliphatic heterocycles. The molecule has 0 amide bonds. The largest absolute Gasteiger partial charge is 0.452 e. The van der Waals surface area contributed by atoms with Crippen LogP contribution in [-0.4, -0.2) is 5.11 Å². The molecule has 0 aliphatic carbocycles. The summed E-state index contributed by atoms with van der Waals surface area (Å²) in [7, 11) is 0. The minimum atomic E-state index is -0.632. The quantitative estimate of drug-likeness (QED) is 0.930. The first kappa shape index (κ1) is 11.7. The van der Waals surface area contributed by atoms with E-state index < -0.39 is 6.10 Å². The number of rotatable bonds is 3. The predicted octanol–water partition coefficient (Wildman–Crippen LogP) is 3.97. The molecule has 1 unspecified atom stereocenters. The smallest absolute Gasteiger partial charge is 0.169 e. The van der Waals surface area contributed by atoms with Gasteiger partial charge < -0.3 is 9.52 Å². The molecule has 1 N–H and O–H groups in total. The zero-order valence-electron chi connectivity index (χ0n) is 8.36. The molecule has 0 radical (unpaired) electrons. The predicted molar refractivity (Wildman–Crippen MR) is 66.5 cm³/mol. The van der Waals surface area contributed by atoms with Crippen LogP contribution in [0, 0.1) is 0 Å². The van der Waals surface area contributed by atoms with Gasteiger partial charge in [-0.25, -0.2) is 0 Å². The Labute approximate surface area is 107 Å². The van der Waals surface area contributed by atoms with Crippen molar-refractivity contribution in [1.29, 1.82) is 0 Å². The van der Waals surface area contributed by atoms with E-state index in [-0.39, 0.29) is 0 Å². The second-order valence-corrected chi connectivity index (χ2v) is 4.71. The van der Waals surface area contributed by atoms with E-state index in [0.29, 0.717) is 21.9 Å². The lowest BCUT2D eigenvalue weighted by molar-refractivity contribution is 0.149. The normalized spacial score (nSPS) is 12.7. The maximum atomic E-state index is 9.91. The highest BCUT2D eigenvalue weighted by Gasteiger charge is 2.12. The summed E-state index contributed by atoms with van der Waals surface area (Å²) in [4.78, 5) is 0. The maximum absolute atomic E-state index is 9.91. The average molecular weight is 302 g/mol. The topological polar surface area (TPSA) is 33.4 Å². The van der Waals surface area contributed by atoms with Crippen LogP contribution in [0.2, 0.25) is 5.02 Å². The van der Waals surface area contributed by atoms with Crippen molar-refractivity contribution < 1.29 is 9.52 Å². The zero-order valence-corrected chi connectivity index (χ0v) is 10.7. The van der Waals surface area contributed by atoms with Gasteiger partial charge in [0, 0.05) is 11.4 Å². The first-order chi connectivity index (χ1) is 7.65. The fourth-order valence-electron chi connectivity index (χ4n) is 1.45. The monoisotopic (exact) mass is 300 g/mol. The Morgan fingerprint density at radius 3 is 2.44 bits per heavy atom. The van der Waals surface area contributed by atoms with Crippen molar-refractivity contribution in [2.24, 2.45) is 0 Å². The van der Waals surface area contributed by atoms with E-state index >= 15 is 0 Å². The van der Waals surface area contributed by atoms with E-state index in [0.717, 1.165) is 5.56 Å². The number of benzene rings is 1. The minimum absolute atomic E-state index is 0.511. The number of halogens is 2. The van der Waals surface area contributed by atoms with Crippen molar-refractivity contribution in [3.05, 3.63) is 57.4 Å². The lowest BCUT2D eigenvalue weighted by Crippen LogP contribution is -1.99. The summed E-state index contributed by atoms with van der Waals surface area (Å²) in [6.07, 6.45) is -0.121. The van der Waals surface area contributed by atoms with Gasteiger partial charge in [-0.1, -0.05) is 23.7 Å². The Morgan fingerprint density at radius 2 is 1.88 bits per heavy atom. The maximum Gasteiger partial charge on any atom is 0.169 e. The molecule has 1 aromatic heterocycles. The first-order valence-corrected chi connectivity index (χ1v) is 6.00. The van der Waals surface area contributed by atoms with Crippen molar-refractivity contribution in [2.45, 2.75) is 12.5 Å². The van der Waals surface area contributed by atoms with Gasteiger partial charge in [-0.2, -0.15) is 0 Å². The molecule has 0 bridgehead atoms. The summed E-state index contributed by atoms with van der Waals surface area (Å²) in [5.74, 6) is 0.557. The first-order valence-electron chi connectivity index (χ1n) is 4.83. The number of hydrogen-bond donors (Lipinski definition) is 1. The molecule has 0 saturated carbocycles. The van der Waals surface area contributed by atoms with Gasteiger partial charge in [0.2, 0.25) is 0 Å². The van der Waals surface area contributed by atoms with Crippen LogP contribution < -0.4 is 0 Å². The molecule has 2 nitrogen and oxygen atoms in total. The van der Waals surface area contributed by atoms with E-state index in [4.69, 9.17) is 16.0 Å². The molecule has 0 spiro atoms. The van der Waals surface area contributed by atoms with Crippen LogP contribution in [-0.2, 0) is 6.42 Å². The van der Waals surface area contributed by atoms with Crippen molar-refractivity contribution in [1.82, 2.24) is 0 Å². The lowest BCUT2D eigenvalue weighted by atomic mass is 10.1. The van der Waals surface area contributed by atoms with Gasteiger partial charge in [-0.3, -0.25) is 0 Å². The standard InChI is InChI=1S/C12H10BrClO2/c13-12-6-5-11(16-12)10(15)7-8-1-3-9(14)4-2-8/h1-6,10,15H,7H2. The highest BCUT2D eigenvalue weighted by Crippen LogP contribution is 2.23. The third-order valence-corrected chi connectivity index (χ3v) is 2.94. The van der Waals surface area contributed by atoms with Crippen LogP contribution in [0.1, 0.15) is 17.4 Å². The molecule has 2 aromatic rings. The fraction of sp³-hybridized carbons (Fsp3) is 0.167. The van der Waals surface area contributed by atoms with Crippen LogP contribution in [0.15, 0.2) is 45.5 Å². The molecule has 16 heavy (non-hydrogen) atoms.